The van der Waals surface area contributed by atoms with Gasteiger partial charge in [-0.05, 0) is 43.7 Å². The summed E-state index contributed by atoms with van der Waals surface area (Å²) in [5, 5.41) is 0.997. The number of imidazole rings is 1. The molecule has 0 radical (unpaired) electrons. The highest BCUT2D eigenvalue weighted by molar-refractivity contribution is 5.80. The number of aromatic nitrogens is 3. The van der Waals surface area contributed by atoms with Crippen molar-refractivity contribution in [3.05, 3.63) is 58.4 Å². The molecular weight excluding hydrogens is 328 g/mol. The van der Waals surface area contributed by atoms with E-state index < -0.39 is 0 Å². The van der Waals surface area contributed by atoms with Gasteiger partial charge < -0.3 is 14.3 Å². The van der Waals surface area contributed by atoms with Gasteiger partial charge in [-0.15, -0.1) is 0 Å². The van der Waals surface area contributed by atoms with E-state index in [1.807, 2.05) is 43.7 Å². The number of nitrogens with zero attached hydrogens (tertiary/aromatic N) is 3. The molecule has 1 saturated heterocycles. The summed E-state index contributed by atoms with van der Waals surface area (Å²) in [7, 11) is 3.70. The molecule has 0 bridgehead atoms. The van der Waals surface area contributed by atoms with Gasteiger partial charge in [0.1, 0.15) is 11.6 Å². The van der Waals surface area contributed by atoms with E-state index in [9.17, 15) is 4.79 Å². The summed E-state index contributed by atoms with van der Waals surface area (Å²) in [6, 6.07) is 7.69. The first kappa shape index (κ1) is 16.8. The number of hydrogen-bond acceptors (Lipinski definition) is 4. The van der Waals surface area contributed by atoms with E-state index in [1.165, 1.54) is 0 Å². The number of aryl methyl sites for hydroxylation is 1. The highest BCUT2D eigenvalue weighted by atomic mass is 16.5. The summed E-state index contributed by atoms with van der Waals surface area (Å²) in [5.74, 6) is 2.35. The largest absolute Gasteiger partial charge is 0.497 e. The van der Waals surface area contributed by atoms with Crippen LogP contribution in [-0.4, -0.2) is 39.6 Å². The smallest absolute Gasteiger partial charge is 0.252 e. The lowest BCUT2D eigenvalue weighted by Crippen LogP contribution is -2.36. The molecule has 0 spiro atoms. The molecule has 3 aromatic rings. The maximum Gasteiger partial charge on any atom is 0.252 e. The van der Waals surface area contributed by atoms with E-state index in [0.717, 1.165) is 54.0 Å². The number of fused-ring (bicyclic) bond motifs is 1. The maximum absolute atomic E-state index is 12.5. The summed E-state index contributed by atoms with van der Waals surface area (Å²) in [6.45, 7) is 2.60. The Balaban J connectivity index is 1.57. The Morgan fingerprint density at radius 2 is 2.23 bits per heavy atom. The SMILES string of the molecule is COc1ccc2[nH]c(=O)c(CN3CCCC(c4nccn4C)C3)cc2c1. The predicted molar refractivity (Wildman–Crippen MR) is 102 cm³/mol. The van der Waals surface area contributed by atoms with E-state index in [2.05, 4.69) is 19.4 Å². The van der Waals surface area contributed by atoms with Gasteiger partial charge in [-0.3, -0.25) is 9.69 Å². The van der Waals surface area contributed by atoms with Gasteiger partial charge in [0, 0.05) is 54.9 Å². The Hall–Kier alpha value is -2.60. The average Bonchev–Trinajstić information content (AvgIpc) is 3.08. The quantitative estimate of drug-likeness (QED) is 0.784. The number of benzene rings is 1. The van der Waals surface area contributed by atoms with Crippen molar-refractivity contribution in [1.82, 2.24) is 19.4 Å². The maximum atomic E-state index is 12.5. The van der Waals surface area contributed by atoms with Crippen LogP contribution >= 0.6 is 0 Å². The summed E-state index contributed by atoms with van der Waals surface area (Å²) in [5.41, 5.74) is 1.62. The van der Waals surface area contributed by atoms with Gasteiger partial charge >= 0.3 is 0 Å². The van der Waals surface area contributed by atoms with Crippen molar-refractivity contribution in [3.63, 3.8) is 0 Å². The van der Waals surface area contributed by atoms with Crippen LogP contribution in [0.1, 0.15) is 30.1 Å². The highest BCUT2D eigenvalue weighted by Crippen LogP contribution is 2.26. The highest BCUT2D eigenvalue weighted by Gasteiger charge is 2.24. The number of piperidine rings is 1. The molecule has 1 aromatic carbocycles. The van der Waals surface area contributed by atoms with Crippen LogP contribution in [0.25, 0.3) is 10.9 Å². The second kappa shape index (κ2) is 6.96. The predicted octanol–water partition coefficient (Wildman–Crippen LogP) is 2.65. The number of rotatable bonds is 4. The monoisotopic (exact) mass is 352 g/mol. The number of hydrogen-bond donors (Lipinski definition) is 1. The van der Waals surface area contributed by atoms with Crippen LogP contribution < -0.4 is 10.3 Å². The first-order valence-corrected chi connectivity index (χ1v) is 9.03. The fourth-order valence-corrected chi connectivity index (χ4v) is 3.90. The second-order valence-corrected chi connectivity index (χ2v) is 7.05. The lowest BCUT2D eigenvalue weighted by atomic mass is 9.96. The van der Waals surface area contributed by atoms with Gasteiger partial charge in [0.25, 0.3) is 5.56 Å². The van der Waals surface area contributed by atoms with Gasteiger partial charge in [0.05, 0.1) is 7.11 Å². The second-order valence-electron chi connectivity index (χ2n) is 7.05. The molecular formula is C20H24N4O2. The van der Waals surface area contributed by atoms with Crippen LogP contribution in [0, 0.1) is 0 Å². The Labute approximate surface area is 152 Å². The molecule has 6 nitrogen and oxygen atoms in total. The van der Waals surface area contributed by atoms with Gasteiger partial charge in [0.2, 0.25) is 0 Å². The third kappa shape index (κ3) is 3.24. The molecule has 0 aliphatic carbocycles. The minimum atomic E-state index is -0.0122. The van der Waals surface area contributed by atoms with Crippen LogP contribution in [0.5, 0.6) is 5.75 Å². The minimum absolute atomic E-state index is 0.0122. The van der Waals surface area contributed by atoms with Crippen molar-refractivity contribution >= 4 is 10.9 Å². The van der Waals surface area contributed by atoms with Gasteiger partial charge in [-0.1, -0.05) is 0 Å². The molecule has 0 amide bonds. The third-order valence-corrected chi connectivity index (χ3v) is 5.25. The van der Waals surface area contributed by atoms with E-state index in [4.69, 9.17) is 4.74 Å². The number of pyridine rings is 1. The molecule has 6 heteroatoms. The first-order chi connectivity index (χ1) is 12.6. The normalized spacial score (nSPS) is 18.3. The molecule has 26 heavy (non-hydrogen) atoms. The Morgan fingerprint density at radius 1 is 1.35 bits per heavy atom. The summed E-state index contributed by atoms with van der Waals surface area (Å²) in [4.78, 5) is 22.4. The van der Waals surface area contributed by atoms with Gasteiger partial charge in [-0.2, -0.15) is 0 Å². The fraction of sp³-hybridized carbons (Fsp3) is 0.400. The molecule has 0 saturated carbocycles. The minimum Gasteiger partial charge on any atom is -0.497 e. The third-order valence-electron chi connectivity index (χ3n) is 5.25. The molecule has 4 rings (SSSR count). The number of ether oxygens (including phenoxy) is 1. The molecule has 1 atom stereocenters. The van der Waals surface area contributed by atoms with E-state index in [1.54, 1.807) is 7.11 Å². The van der Waals surface area contributed by atoms with Crippen molar-refractivity contribution in [2.75, 3.05) is 20.2 Å². The lowest BCUT2D eigenvalue weighted by molar-refractivity contribution is 0.194. The zero-order valence-electron chi connectivity index (χ0n) is 15.2. The Morgan fingerprint density at radius 3 is 3.00 bits per heavy atom. The number of nitrogens with one attached hydrogen (secondary N) is 1. The number of H-pyrrole nitrogens is 1. The molecule has 3 heterocycles. The van der Waals surface area contributed by atoms with Crippen molar-refractivity contribution in [2.45, 2.75) is 25.3 Å². The van der Waals surface area contributed by atoms with Crippen LogP contribution in [-0.2, 0) is 13.6 Å². The molecule has 136 valence electrons. The summed E-state index contributed by atoms with van der Waals surface area (Å²) >= 11 is 0. The summed E-state index contributed by atoms with van der Waals surface area (Å²) in [6.07, 6.45) is 6.12. The molecule has 1 aliphatic heterocycles. The Kier molecular flexibility index (Phi) is 4.51. The van der Waals surface area contributed by atoms with Crippen molar-refractivity contribution in [3.8, 4) is 5.75 Å². The molecule has 1 unspecified atom stereocenters. The van der Waals surface area contributed by atoms with Gasteiger partial charge in [-0.25, -0.2) is 4.98 Å². The zero-order valence-corrected chi connectivity index (χ0v) is 15.2. The summed E-state index contributed by atoms with van der Waals surface area (Å²) < 4.78 is 7.40. The van der Waals surface area contributed by atoms with Crippen molar-refractivity contribution in [1.29, 1.82) is 0 Å². The van der Waals surface area contributed by atoms with E-state index in [-0.39, 0.29) is 5.56 Å². The van der Waals surface area contributed by atoms with E-state index >= 15 is 0 Å². The van der Waals surface area contributed by atoms with Crippen molar-refractivity contribution < 1.29 is 4.74 Å². The lowest BCUT2D eigenvalue weighted by Gasteiger charge is -2.32. The Bertz CT molecular complexity index is 975. The molecule has 1 fully saturated rings. The molecule has 1 aliphatic rings. The molecule has 2 aromatic heterocycles. The van der Waals surface area contributed by atoms with Crippen LogP contribution in [0.4, 0.5) is 0 Å². The standard InChI is InChI=1S/C20H24N4O2/c1-23-9-7-21-19(23)14-4-3-8-24(12-14)13-16-10-15-11-17(26-2)5-6-18(15)22-20(16)25/h5-7,9-11,14H,3-4,8,12-13H2,1-2H3,(H,22,25). The topological polar surface area (TPSA) is 63.2 Å². The first-order valence-electron chi connectivity index (χ1n) is 9.03. The van der Waals surface area contributed by atoms with Crippen LogP contribution in [0.2, 0.25) is 0 Å². The van der Waals surface area contributed by atoms with Crippen molar-refractivity contribution in [2.24, 2.45) is 7.05 Å². The van der Waals surface area contributed by atoms with E-state index in [0.29, 0.717) is 12.5 Å². The number of aromatic amines is 1. The fourth-order valence-electron chi connectivity index (χ4n) is 3.90. The zero-order chi connectivity index (χ0) is 18.1. The molecule has 1 N–H and O–H groups in total. The number of likely N-dealkylation sites (tertiary alicyclic amines) is 1. The number of methoxy groups -OCH3 is 1. The average molecular weight is 352 g/mol. The van der Waals surface area contributed by atoms with Crippen LogP contribution in [0.15, 0.2) is 41.5 Å². The van der Waals surface area contributed by atoms with Gasteiger partial charge in [0.15, 0.2) is 0 Å². The van der Waals surface area contributed by atoms with Crippen LogP contribution in [0.3, 0.4) is 0 Å².